The Kier molecular flexibility index (Phi) is 4.74. The Morgan fingerprint density at radius 2 is 2.27 bits per heavy atom. The molecule has 2 unspecified atom stereocenters. The molecule has 0 aliphatic heterocycles. The highest BCUT2D eigenvalue weighted by Crippen LogP contribution is 2.06. The molecule has 0 radical (unpaired) electrons. The summed E-state index contributed by atoms with van der Waals surface area (Å²) in [6.45, 7) is 9.08. The molecule has 0 aromatic heterocycles. The first-order valence-electron chi connectivity index (χ1n) is 3.42. The van der Waals surface area contributed by atoms with Crippen LogP contribution in [0.5, 0.6) is 0 Å². The molecule has 0 bridgehead atoms. The molecule has 64 valence electrons. The summed E-state index contributed by atoms with van der Waals surface area (Å²) in [4.78, 5) is 3.63. The maximum Gasteiger partial charge on any atom is 0.106 e. The van der Waals surface area contributed by atoms with E-state index in [1.165, 1.54) is 7.11 Å². The van der Waals surface area contributed by atoms with Crippen molar-refractivity contribution < 1.29 is 9.84 Å². The molecule has 0 spiro atoms. The summed E-state index contributed by atoms with van der Waals surface area (Å²) in [6, 6.07) is 0. The van der Waals surface area contributed by atoms with E-state index in [9.17, 15) is 5.11 Å². The lowest BCUT2D eigenvalue weighted by Crippen LogP contribution is -2.31. The van der Waals surface area contributed by atoms with Crippen molar-refractivity contribution in [1.29, 1.82) is 0 Å². The summed E-state index contributed by atoms with van der Waals surface area (Å²) in [5.41, 5.74) is 0.681. The molecule has 0 aromatic carbocycles. The molecule has 2 atom stereocenters. The van der Waals surface area contributed by atoms with Crippen molar-refractivity contribution in [2.24, 2.45) is 4.99 Å². The highest BCUT2D eigenvalue weighted by Gasteiger charge is 2.17. The standard InChI is InChI=1S/C8H15NO2/c1-6(2)8(10)7(11-4)5-9-3/h7-8,10H,1,3,5H2,2,4H3. The smallest absolute Gasteiger partial charge is 0.106 e. The summed E-state index contributed by atoms with van der Waals surface area (Å²) < 4.78 is 4.97. The van der Waals surface area contributed by atoms with E-state index in [1.807, 2.05) is 0 Å². The van der Waals surface area contributed by atoms with Crippen LogP contribution in [0.4, 0.5) is 0 Å². The lowest BCUT2D eigenvalue weighted by Gasteiger charge is -2.19. The zero-order valence-electron chi connectivity index (χ0n) is 7.08. The van der Waals surface area contributed by atoms with E-state index in [1.54, 1.807) is 6.92 Å². The number of hydrogen-bond acceptors (Lipinski definition) is 3. The van der Waals surface area contributed by atoms with Crippen LogP contribution in [0.25, 0.3) is 0 Å². The second-order valence-electron chi connectivity index (χ2n) is 2.47. The molecule has 11 heavy (non-hydrogen) atoms. The van der Waals surface area contributed by atoms with Crippen LogP contribution in [0.1, 0.15) is 6.92 Å². The Balaban J connectivity index is 4.00. The van der Waals surface area contributed by atoms with Crippen LogP contribution in [0, 0.1) is 0 Å². The molecule has 0 heterocycles. The Morgan fingerprint density at radius 3 is 2.55 bits per heavy atom. The SMILES string of the molecule is C=NCC(OC)C(O)C(=C)C. The first-order chi connectivity index (χ1) is 5.13. The first kappa shape index (κ1) is 10.3. The van der Waals surface area contributed by atoms with E-state index in [-0.39, 0.29) is 6.10 Å². The van der Waals surface area contributed by atoms with E-state index in [0.29, 0.717) is 12.1 Å². The lowest BCUT2D eigenvalue weighted by atomic mass is 10.1. The topological polar surface area (TPSA) is 41.8 Å². The van der Waals surface area contributed by atoms with Gasteiger partial charge in [0.25, 0.3) is 0 Å². The number of methoxy groups -OCH3 is 1. The molecule has 0 saturated heterocycles. The molecule has 0 fully saturated rings. The van der Waals surface area contributed by atoms with Crippen LogP contribution in [-0.2, 0) is 4.74 Å². The van der Waals surface area contributed by atoms with Crippen molar-refractivity contribution in [2.75, 3.05) is 13.7 Å². The predicted molar refractivity (Wildman–Crippen MR) is 46.0 cm³/mol. The summed E-state index contributed by atoms with van der Waals surface area (Å²) in [5.74, 6) is 0. The quantitative estimate of drug-likeness (QED) is 0.470. The minimum absolute atomic E-state index is 0.315. The number of aliphatic imine (C=N–C) groups is 1. The number of hydrogen-bond donors (Lipinski definition) is 1. The summed E-state index contributed by atoms with van der Waals surface area (Å²) in [5, 5.41) is 9.40. The van der Waals surface area contributed by atoms with Gasteiger partial charge in [0.1, 0.15) is 12.2 Å². The number of aliphatic hydroxyl groups is 1. The van der Waals surface area contributed by atoms with E-state index in [0.717, 1.165) is 0 Å². The number of ether oxygens (including phenoxy) is 1. The molecule has 0 saturated carbocycles. The van der Waals surface area contributed by atoms with Crippen molar-refractivity contribution in [1.82, 2.24) is 0 Å². The fraction of sp³-hybridized carbons (Fsp3) is 0.625. The second-order valence-corrected chi connectivity index (χ2v) is 2.47. The van der Waals surface area contributed by atoms with Gasteiger partial charge in [0.15, 0.2) is 0 Å². The van der Waals surface area contributed by atoms with Gasteiger partial charge >= 0.3 is 0 Å². The van der Waals surface area contributed by atoms with Gasteiger partial charge in [-0.2, -0.15) is 0 Å². The average Bonchev–Trinajstić information content (AvgIpc) is 1.98. The molecule has 0 amide bonds. The molecule has 1 N–H and O–H groups in total. The van der Waals surface area contributed by atoms with Crippen molar-refractivity contribution in [3.05, 3.63) is 12.2 Å². The third-order valence-electron chi connectivity index (χ3n) is 1.47. The van der Waals surface area contributed by atoms with Gasteiger partial charge in [-0.3, -0.25) is 4.99 Å². The monoisotopic (exact) mass is 157 g/mol. The molecular weight excluding hydrogens is 142 g/mol. The second kappa shape index (κ2) is 5.04. The highest BCUT2D eigenvalue weighted by molar-refractivity contribution is 5.23. The zero-order chi connectivity index (χ0) is 8.85. The summed E-state index contributed by atoms with van der Waals surface area (Å²) >= 11 is 0. The molecule has 3 nitrogen and oxygen atoms in total. The average molecular weight is 157 g/mol. The van der Waals surface area contributed by atoms with Crippen molar-refractivity contribution in [2.45, 2.75) is 19.1 Å². The molecule has 0 aromatic rings. The van der Waals surface area contributed by atoms with Crippen LogP contribution >= 0.6 is 0 Å². The van der Waals surface area contributed by atoms with Gasteiger partial charge in [-0.25, -0.2) is 0 Å². The van der Waals surface area contributed by atoms with Gasteiger partial charge in [0.2, 0.25) is 0 Å². The van der Waals surface area contributed by atoms with Gasteiger partial charge < -0.3 is 9.84 Å². The Bertz CT molecular complexity index is 145. The van der Waals surface area contributed by atoms with Crippen LogP contribution < -0.4 is 0 Å². The third kappa shape index (κ3) is 3.30. The fourth-order valence-corrected chi connectivity index (χ4v) is 0.748. The van der Waals surface area contributed by atoms with Crippen LogP contribution in [0.3, 0.4) is 0 Å². The van der Waals surface area contributed by atoms with E-state index < -0.39 is 6.10 Å². The van der Waals surface area contributed by atoms with Gasteiger partial charge in [0, 0.05) is 7.11 Å². The number of rotatable bonds is 5. The van der Waals surface area contributed by atoms with Gasteiger partial charge in [-0.1, -0.05) is 6.58 Å². The lowest BCUT2D eigenvalue weighted by molar-refractivity contribution is 0.0134. The van der Waals surface area contributed by atoms with Crippen LogP contribution in [-0.4, -0.2) is 37.7 Å². The fourth-order valence-electron chi connectivity index (χ4n) is 0.748. The largest absolute Gasteiger partial charge is 0.386 e. The Labute approximate surface area is 67.4 Å². The van der Waals surface area contributed by atoms with Crippen LogP contribution in [0.15, 0.2) is 17.1 Å². The van der Waals surface area contributed by atoms with E-state index in [4.69, 9.17) is 4.74 Å². The van der Waals surface area contributed by atoms with Gasteiger partial charge in [-0.15, -0.1) is 0 Å². The Hall–Kier alpha value is -0.670. The van der Waals surface area contributed by atoms with E-state index in [2.05, 4.69) is 18.3 Å². The molecule has 0 aliphatic carbocycles. The van der Waals surface area contributed by atoms with Crippen molar-refractivity contribution in [3.63, 3.8) is 0 Å². The minimum Gasteiger partial charge on any atom is -0.386 e. The van der Waals surface area contributed by atoms with Crippen molar-refractivity contribution >= 4 is 6.72 Å². The van der Waals surface area contributed by atoms with Crippen molar-refractivity contribution in [3.8, 4) is 0 Å². The minimum atomic E-state index is -0.648. The van der Waals surface area contributed by atoms with E-state index >= 15 is 0 Å². The van der Waals surface area contributed by atoms with Crippen LogP contribution in [0.2, 0.25) is 0 Å². The summed E-state index contributed by atoms with van der Waals surface area (Å²) in [6.07, 6.45) is -0.963. The Morgan fingerprint density at radius 1 is 1.73 bits per heavy atom. The predicted octanol–water partition coefficient (Wildman–Crippen LogP) is 0.639. The first-order valence-corrected chi connectivity index (χ1v) is 3.42. The molecule has 0 aliphatic rings. The maximum absolute atomic E-state index is 9.40. The van der Waals surface area contributed by atoms with Gasteiger partial charge in [-0.05, 0) is 19.2 Å². The summed E-state index contributed by atoms with van der Waals surface area (Å²) in [7, 11) is 1.53. The third-order valence-corrected chi connectivity index (χ3v) is 1.47. The highest BCUT2D eigenvalue weighted by atomic mass is 16.5. The molecular formula is C8H15NO2. The molecule has 3 heteroatoms. The molecule has 0 rings (SSSR count). The number of aliphatic hydroxyl groups excluding tert-OH is 1. The van der Waals surface area contributed by atoms with Gasteiger partial charge in [0.05, 0.1) is 6.54 Å². The normalized spacial score (nSPS) is 15.5. The maximum atomic E-state index is 9.40. The number of nitrogens with zero attached hydrogens (tertiary/aromatic N) is 1. The zero-order valence-corrected chi connectivity index (χ0v) is 7.08.